The SMILES string of the molecule is [CH2-]C([NH-])CC(=O)[O-].[W+2].[Y]. The van der Waals surface area contributed by atoms with Crippen molar-refractivity contribution in [2.45, 2.75) is 12.5 Å². The quantitative estimate of drug-likeness (QED) is 0.606. The van der Waals surface area contributed by atoms with Crippen LogP contribution in [0.15, 0.2) is 0 Å². The van der Waals surface area contributed by atoms with E-state index in [0.717, 1.165) is 0 Å². The van der Waals surface area contributed by atoms with Crippen LogP contribution >= 0.6 is 0 Å². The number of nitrogens with one attached hydrogen (secondary N) is 1. The topological polar surface area (TPSA) is 63.9 Å². The molecular formula is C4H6NO2WY-. The normalized spacial score (nSPS) is 10.4. The molecule has 1 unspecified atom stereocenters. The summed E-state index contributed by atoms with van der Waals surface area (Å²) in [6.07, 6.45) is -0.278. The van der Waals surface area contributed by atoms with E-state index in [1.165, 1.54) is 0 Å². The first-order chi connectivity index (χ1) is 3.13. The average molecular weight is 373 g/mol. The molecule has 0 rings (SSSR count). The molecule has 5 heteroatoms. The van der Waals surface area contributed by atoms with Gasteiger partial charge in [0.05, 0.1) is 0 Å². The van der Waals surface area contributed by atoms with Crippen LogP contribution in [0.4, 0.5) is 0 Å². The molecule has 0 fully saturated rings. The van der Waals surface area contributed by atoms with Gasteiger partial charge in [-0.25, -0.2) is 0 Å². The van der Waals surface area contributed by atoms with Gasteiger partial charge in [0, 0.05) is 38.7 Å². The molecule has 0 aromatic heterocycles. The first-order valence-electron chi connectivity index (χ1n) is 1.87. The molecule has 1 N–H and O–H groups in total. The monoisotopic (exact) mass is 373 g/mol. The minimum Gasteiger partial charge on any atom is -0.701 e. The second-order valence-corrected chi connectivity index (χ2v) is 1.27. The predicted octanol–water partition coefficient (Wildman–Crippen LogP) is -0.624. The predicted molar refractivity (Wildman–Crippen MR) is 23.1 cm³/mol. The van der Waals surface area contributed by atoms with E-state index in [1.807, 2.05) is 0 Å². The number of aliphatic carboxylic acids is 1. The van der Waals surface area contributed by atoms with Crippen LogP contribution in [0.2, 0.25) is 0 Å². The van der Waals surface area contributed by atoms with Gasteiger partial charge in [-0.3, -0.25) is 6.04 Å². The van der Waals surface area contributed by atoms with Crippen molar-refractivity contribution >= 4 is 5.97 Å². The fraction of sp³-hybridized carbons (Fsp3) is 0.500. The molecule has 1 atom stereocenters. The molecular weight excluding hydrogens is 367 g/mol. The zero-order valence-electron chi connectivity index (χ0n) is 4.79. The molecule has 0 aliphatic carbocycles. The molecule has 0 aliphatic rings. The van der Waals surface area contributed by atoms with Crippen molar-refractivity contribution in [1.29, 1.82) is 0 Å². The number of carbonyl (C=O) groups is 1. The molecule has 0 heterocycles. The molecule has 1 radical (unpaired) electrons. The fourth-order valence-electron chi connectivity index (χ4n) is 0.201. The molecule has 0 spiro atoms. The van der Waals surface area contributed by atoms with Crippen molar-refractivity contribution in [3.8, 4) is 0 Å². The first-order valence-corrected chi connectivity index (χ1v) is 1.87. The summed E-state index contributed by atoms with van der Waals surface area (Å²) < 4.78 is 0. The summed E-state index contributed by atoms with van der Waals surface area (Å²) in [7, 11) is 0. The van der Waals surface area contributed by atoms with Crippen molar-refractivity contribution in [3.63, 3.8) is 0 Å². The number of carboxylic acids is 1. The standard InChI is InChI=1S/C4H7NO2.W.Y/c1-3(5)2-4(6)7;;/h3,5H,1-2H2,(H,6,7);;/q-2;+2;/p-1. The van der Waals surface area contributed by atoms with Crippen LogP contribution in [0.25, 0.3) is 5.73 Å². The molecule has 0 aromatic rings. The second-order valence-electron chi connectivity index (χ2n) is 1.27. The van der Waals surface area contributed by atoms with Gasteiger partial charge in [-0.2, -0.15) is 0 Å². The van der Waals surface area contributed by atoms with Crippen molar-refractivity contribution in [1.82, 2.24) is 0 Å². The van der Waals surface area contributed by atoms with E-state index in [0.29, 0.717) is 0 Å². The Bertz CT molecular complexity index is 79.0. The van der Waals surface area contributed by atoms with Crippen molar-refractivity contribution in [2.75, 3.05) is 0 Å². The number of carbonyl (C=O) groups excluding carboxylic acids is 1. The third-order valence-electron chi connectivity index (χ3n) is 0.413. The van der Waals surface area contributed by atoms with Crippen LogP contribution in [-0.4, -0.2) is 12.0 Å². The zero-order valence-corrected chi connectivity index (χ0v) is 10.6. The third kappa shape index (κ3) is 17.6. The Hall–Kier alpha value is 1.22. The largest absolute Gasteiger partial charge is 2.00 e. The second kappa shape index (κ2) is 9.22. The van der Waals surface area contributed by atoms with Crippen molar-refractivity contribution in [3.05, 3.63) is 12.7 Å². The molecule has 0 aromatic carbocycles. The van der Waals surface area contributed by atoms with Gasteiger partial charge < -0.3 is 22.6 Å². The van der Waals surface area contributed by atoms with Crippen LogP contribution < -0.4 is 5.11 Å². The molecule has 0 amide bonds. The molecule has 0 saturated heterocycles. The molecule has 3 nitrogen and oxygen atoms in total. The van der Waals surface area contributed by atoms with E-state index >= 15 is 0 Å². The summed E-state index contributed by atoms with van der Waals surface area (Å²) in [5.41, 5.74) is 6.58. The van der Waals surface area contributed by atoms with E-state index < -0.39 is 12.0 Å². The van der Waals surface area contributed by atoms with Crippen molar-refractivity contribution < 1.29 is 63.7 Å². The van der Waals surface area contributed by atoms with Gasteiger partial charge in [-0.1, -0.05) is 6.42 Å². The summed E-state index contributed by atoms with van der Waals surface area (Å²) in [6, 6.07) is -0.787. The smallest absolute Gasteiger partial charge is 0.701 e. The summed E-state index contributed by atoms with van der Waals surface area (Å²) in [4.78, 5) is 9.54. The van der Waals surface area contributed by atoms with Crippen LogP contribution in [0.3, 0.4) is 0 Å². The Morgan fingerprint density at radius 2 is 2.11 bits per heavy atom. The van der Waals surface area contributed by atoms with E-state index in [1.54, 1.807) is 0 Å². The Morgan fingerprint density at radius 1 is 1.78 bits per heavy atom. The van der Waals surface area contributed by atoms with E-state index in [4.69, 9.17) is 5.73 Å². The van der Waals surface area contributed by atoms with Gasteiger partial charge in [0.1, 0.15) is 0 Å². The summed E-state index contributed by atoms with van der Waals surface area (Å²) in [5, 5.41) is 9.54. The molecule has 9 heavy (non-hydrogen) atoms. The van der Waals surface area contributed by atoms with Crippen LogP contribution in [0.1, 0.15) is 6.42 Å². The van der Waals surface area contributed by atoms with Gasteiger partial charge >= 0.3 is 21.1 Å². The fourth-order valence-corrected chi connectivity index (χ4v) is 0.201. The maximum Gasteiger partial charge on any atom is 2.00 e. The Morgan fingerprint density at radius 3 is 2.11 bits per heavy atom. The van der Waals surface area contributed by atoms with Crippen LogP contribution in [0, 0.1) is 6.92 Å². The number of hydrogen-bond acceptors (Lipinski definition) is 2. The van der Waals surface area contributed by atoms with Gasteiger partial charge in [-0.15, -0.1) is 0 Å². The van der Waals surface area contributed by atoms with Gasteiger partial charge in [0.25, 0.3) is 0 Å². The van der Waals surface area contributed by atoms with Crippen LogP contribution in [0.5, 0.6) is 0 Å². The van der Waals surface area contributed by atoms with Gasteiger partial charge in [0.2, 0.25) is 0 Å². The Kier molecular flexibility index (Phi) is 17.1. The molecule has 0 bridgehead atoms. The van der Waals surface area contributed by atoms with Crippen molar-refractivity contribution in [2.24, 2.45) is 0 Å². The molecule has 49 valence electrons. The average Bonchev–Trinajstić information content (AvgIpc) is 1.27. The third-order valence-corrected chi connectivity index (χ3v) is 0.413. The van der Waals surface area contributed by atoms with E-state index in [2.05, 4.69) is 6.92 Å². The summed E-state index contributed by atoms with van der Waals surface area (Å²) >= 11 is 0. The number of carboxylic acid groups (broad SMARTS) is 1. The van der Waals surface area contributed by atoms with E-state index in [9.17, 15) is 9.90 Å². The maximum atomic E-state index is 9.54. The maximum absolute atomic E-state index is 9.54. The van der Waals surface area contributed by atoms with Gasteiger partial charge in [-0.05, 0) is 0 Å². The molecule has 0 saturated carbocycles. The van der Waals surface area contributed by atoms with Gasteiger partial charge in [0.15, 0.2) is 0 Å². The first kappa shape index (κ1) is 16.7. The zero-order chi connectivity index (χ0) is 5.86. The minimum absolute atomic E-state index is 0. The Balaban J connectivity index is -0.000000180. The summed E-state index contributed by atoms with van der Waals surface area (Å²) in [5.74, 6) is -1.21. The summed E-state index contributed by atoms with van der Waals surface area (Å²) in [6.45, 7) is 3.12. The Labute approximate surface area is 93.9 Å². The van der Waals surface area contributed by atoms with E-state index in [-0.39, 0.29) is 60.2 Å². The molecule has 0 aliphatic heterocycles. The minimum atomic E-state index is -1.21. The number of hydrogen-bond donors (Lipinski definition) is 0. The van der Waals surface area contributed by atoms with Crippen LogP contribution in [-0.2, 0) is 58.6 Å². The number of rotatable bonds is 2.